The number of anilines is 2. The number of nitrogens with one attached hydrogen (secondary N) is 2. The second-order valence-electron chi connectivity index (χ2n) is 7.80. The Balaban J connectivity index is 1.66. The molecule has 0 aliphatic carbocycles. The van der Waals surface area contributed by atoms with E-state index in [0.29, 0.717) is 29.3 Å². The largest absolute Gasteiger partial charge is 0.492 e. The van der Waals surface area contributed by atoms with E-state index in [-0.39, 0.29) is 11.6 Å². The number of rotatable bonds is 10. The Labute approximate surface area is 210 Å². The fourth-order valence-corrected chi connectivity index (χ4v) is 4.15. The van der Waals surface area contributed by atoms with Gasteiger partial charge in [0.25, 0.3) is 11.8 Å². The molecule has 2 N–H and O–H groups in total. The highest BCUT2D eigenvalue weighted by molar-refractivity contribution is 7.92. The van der Waals surface area contributed by atoms with Crippen LogP contribution >= 0.6 is 0 Å². The Morgan fingerprint density at radius 2 is 1.56 bits per heavy atom. The number of carbonyl (C=O) groups is 2. The summed E-state index contributed by atoms with van der Waals surface area (Å²) in [5.41, 5.74) is 5.06. The van der Waals surface area contributed by atoms with Gasteiger partial charge in [0, 0.05) is 11.3 Å². The highest BCUT2D eigenvalue weighted by atomic mass is 32.2. The summed E-state index contributed by atoms with van der Waals surface area (Å²) in [6.45, 7) is 3.37. The number of sulfonamides is 1. The van der Waals surface area contributed by atoms with Crippen LogP contribution in [0, 0.1) is 0 Å². The van der Waals surface area contributed by atoms with Crippen molar-refractivity contribution in [2.75, 3.05) is 29.0 Å². The van der Waals surface area contributed by atoms with Crippen LogP contribution in [0.3, 0.4) is 0 Å². The average Bonchev–Trinajstić information content (AvgIpc) is 2.87. The minimum Gasteiger partial charge on any atom is -0.492 e. The second kappa shape index (κ2) is 12.0. The molecule has 9 nitrogen and oxygen atoms in total. The van der Waals surface area contributed by atoms with Gasteiger partial charge in [-0.2, -0.15) is 5.10 Å². The Kier molecular flexibility index (Phi) is 8.80. The summed E-state index contributed by atoms with van der Waals surface area (Å²) in [7, 11) is -3.77. The third-order valence-corrected chi connectivity index (χ3v) is 6.19. The van der Waals surface area contributed by atoms with Gasteiger partial charge in [0.2, 0.25) is 10.0 Å². The molecule has 10 heteroatoms. The Morgan fingerprint density at radius 3 is 2.19 bits per heavy atom. The Bertz CT molecular complexity index is 1340. The van der Waals surface area contributed by atoms with Crippen molar-refractivity contribution in [2.24, 2.45) is 5.10 Å². The van der Waals surface area contributed by atoms with Gasteiger partial charge in [-0.15, -0.1) is 0 Å². The summed E-state index contributed by atoms with van der Waals surface area (Å²) in [5.74, 6) is -0.475. The van der Waals surface area contributed by atoms with Crippen molar-refractivity contribution in [1.29, 1.82) is 0 Å². The van der Waals surface area contributed by atoms with E-state index in [1.54, 1.807) is 86.6 Å². The van der Waals surface area contributed by atoms with Gasteiger partial charge in [-0.1, -0.05) is 42.5 Å². The molecule has 0 radical (unpaired) electrons. The summed E-state index contributed by atoms with van der Waals surface area (Å²) in [5, 5.41) is 6.92. The van der Waals surface area contributed by atoms with Gasteiger partial charge < -0.3 is 10.1 Å². The lowest BCUT2D eigenvalue weighted by Gasteiger charge is -2.23. The van der Waals surface area contributed by atoms with Crippen LogP contribution in [0.5, 0.6) is 5.75 Å². The molecule has 2 amide bonds. The van der Waals surface area contributed by atoms with Crippen LogP contribution in [0.4, 0.5) is 11.4 Å². The predicted molar refractivity (Wildman–Crippen MR) is 141 cm³/mol. The monoisotopic (exact) mass is 508 g/mol. The van der Waals surface area contributed by atoms with E-state index in [0.717, 1.165) is 16.1 Å². The lowest BCUT2D eigenvalue weighted by Crippen LogP contribution is -2.39. The van der Waals surface area contributed by atoms with E-state index < -0.39 is 22.5 Å². The van der Waals surface area contributed by atoms with Crippen LogP contribution in [0.1, 0.15) is 29.8 Å². The standard InChI is InChI=1S/C26H28N4O5S/c1-4-35-24-13-9-8-12-23(24)30(36(3,33)34)18-25(31)29-28-19(2)20-14-16-22(17-15-20)27-26(32)21-10-6-5-7-11-21/h5-17H,4,18H2,1-3H3,(H,27,32)(H,29,31)/b28-19-. The lowest BCUT2D eigenvalue weighted by atomic mass is 10.1. The van der Waals surface area contributed by atoms with Gasteiger partial charge in [-0.05, 0) is 55.8 Å². The van der Waals surface area contributed by atoms with Gasteiger partial charge in [-0.25, -0.2) is 13.8 Å². The van der Waals surface area contributed by atoms with Crippen LogP contribution in [-0.4, -0.2) is 45.4 Å². The molecule has 0 aromatic heterocycles. The van der Waals surface area contributed by atoms with Crippen molar-refractivity contribution >= 4 is 38.9 Å². The number of hydrazone groups is 1. The summed E-state index contributed by atoms with van der Waals surface area (Å²) < 4.78 is 31.3. The smallest absolute Gasteiger partial charge is 0.260 e. The van der Waals surface area contributed by atoms with Crippen LogP contribution in [0.25, 0.3) is 0 Å². The van der Waals surface area contributed by atoms with Crippen molar-refractivity contribution in [2.45, 2.75) is 13.8 Å². The van der Waals surface area contributed by atoms with Crippen LogP contribution < -0.4 is 19.8 Å². The molecule has 0 fully saturated rings. The Morgan fingerprint density at radius 1 is 0.917 bits per heavy atom. The van der Waals surface area contributed by atoms with Gasteiger partial charge in [0.05, 0.1) is 24.3 Å². The molecule has 0 saturated carbocycles. The zero-order chi connectivity index (χ0) is 26.1. The maximum atomic E-state index is 12.6. The van der Waals surface area contributed by atoms with E-state index in [9.17, 15) is 18.0 Å². The third kappa shape index (κ3) is 7.16. The first kappa shape index (κ1) is 26.4. The van der Waals surface area contributed by atoms with Crippen molar-refractivity contribution in [3.05, 3.63) is 90.0 Å². The van der Waals surface area contributed by atoms with Crippen LogP contribution in [-0.2, 0) is 14.8 Å². The first-order valence-corrected chi connectivity index (χ1v) is 13.0. The van der Waals surface area contributed by atoms with E-state index in [1.165, 1.54) is 0 Å². The summed E-state index contributed by atoms with van der Waals surface area (Å²) in [6, 6.07) is 22.5. The molecule has 0 aliphatic rings. The maximum Gasteiger partial charge on any atom is 0.260 e. The third-order valence-electron chi connectivity index (χ3n) is 5.07. The van der Waals surface area contributed by atoms with E-state index >= 15 is 0 Å². The summed E-state index contributed by atoms with van der Waals surface area (Å²) >= 11 is 0. The molecular formula is C26H28N4O5S. The molecular weight excluding hydrogens is 480 g/mol. The highest BCUT2D eigenvalue weighted by Crippen LogP contribution is 2.29. The molecule has 0 saturated heterocycles. The molecule has 3 aromatic rings. The van der Waals surface area contributed by atoms with E-state index in [4.69, 9.17) is 4.74 Å². The molecule has 188 valence electrons. The molecule has 0 aliphatic heterocycles. The number of carbonyl (C=O) groups excluding carboxylic acids is 2. The molecule has 0 heterocycles. The minimum absolute atomic E-state index is 0.220. The fourth-order valence-electron chi connectivity index (χ4n) is 3.29. The molecule has 3 rings (SSSR count). The van der Waals surface area contributed by atoms with Crippen molar-refractivity contribution < 1.29 is 22.7 Å². The van der Waals surface area contributed by atoms with Crippen LogP contribution in [0.15, 0.2) is 84.0 Å². The minimum atomic E-state index is -3.77. The van der Waals surface area contributed by atoms with Crippen molar-refractivity contribution in [3.63, 3.8) is 0 Å². The molecule has 3 aromatic carbocycles. The number of ether oxygens (including phenoxy) is 1. The van der Waals surface area contributed by atoms with Gasteiger partial charge in [-0.3, -0.25) is 13.9 Å². The summed E-state index contributed by atoms with van der Waals surface area (Å²) in [6.07, 6.45) is 1.02. The quantitative estimate of drug-likeness (QED) is 0.320. The number of hydrogen-bond donors (Lipinski definition) is 2. The zero-order valence-electron chi connectivity index (χ0n) is 20.3. The number of para-hydroxylation sites is 2. The lowest BCUT2D eigenvalue weighted by molar-refractivity contribution is -0.119. The average molecular weight is 509 g/mol. The molecule has 0 bridgehead atoms. The molecule has 0 unspecified atom stereocenters. The van der Waals surface area contributed by atoms with Crippen molar-refractivity contribution in [3.8, 4) is 5.75 Å². The molecule has 0 atom stereocenters. The fraction of sp³-hybridized carbons (Fsp3) is 0.192. The van der Waals surface area contributed by atoms with Gasteiger partial charge >= 0.3 is 0 Å². The first-order chi connectivity index (χ1) is 17.2. The second-order valence-corrected chi connectivity index (χ2v) is 9.71. The zero-order valence-corrected chi connectivity index (χ0v) is 21.1. The highest BCUT2D eigenvalue weighted by Gasteiger charge is 2.23. The van der Waals surface area contributed by atoms with Gasteiger partial charge in [0.15, 0.2) is 0 Å². The number of hydrogen-bond acceptors (Lipinski definition) is 6. The molecule has 0 spiro atoms. The number of nitrogens with zero attached hydrogens (tertiary/aromatic N) is 2. The SMILES string of the molecule is CCOc1ccccc1N(CC(=O)N/N=C(/C)c1ccc(NC(=O)c2ccccc2)cc1)S(C)(=O)=O. The maximum absolute atomic E-state index is 12.6. The van der Waals surface area contributed by atoms with E-state index in [1.807, 2.05) is 6.07 Å². The number of benzene rings is 3. The van der Waals surface area contributed by atoms with Gasteiger partial charge in [0.1, 0.15) is 12.3 Å². The summed E-state index contributed by atoms with van der Waals surface area (Å²) in [4.78, 5) is 24.9. The number of amides is 2. The normalized spacial score (nSPS) is 11.5. The first-order valence-electron chi connectivity index (χ1n) is 11.2. The molecule has 36 heavy (non-hydrogen) atoms. The van der Waals surface area contributed by atoms with Crippen LogP contribution in [0.2, 0.25) is 0 Å². The predicted octanol–water partition coefficient (Wildman–Crippen LogP) is 3.64. The topological polar surface area (TPSA) is 117 Å². The van der Waals surface area contributed by atoms with Crippen molar-refractivity contribution in [1.82, 2.24) is 5.43 Å². The van der Waals surface area contributed by atoms with E-state index in [2.05, 4.69) is 15.8 Å². The Hall–Kier alpha value is -4.18.